The average molecular weight is 286 g/mol. The van der Waals surface area contributed by atoms with Gasteiger partial charge < -0.3 is 14.6 Å². The summed E-state index contributed by atoms with van der Waals surface area (Å²) in [5, 5.41) is 20.5. The minimum Gasteiger partial charge on any atom is -0.411 e. The largest absolute Gasteiger partial charge is 0.411 e. The molecule has 0 spiro atoms. The number of aliphatic hydroxyl groups is 2. The zero-order chi connectivity index (χ0) is 14.6. The van der Waals surface area contributed by atoms with E-state index in [1.807, 2.05) is 0 Å². The highest BCUT2D eigenvalue weighted by Crippen LogP contribution is 2.47. The van der Waals surface area contributed by atoms with Gasteiger partial charge in [0.15, 0.2) is 14.1 Å². The number of ketones is 1. The summed E-state index contributed by atoms with van der Waals surface area (Å²) in [4.78, 5) is 11.8. The van der Waals surface area contributed by atoms with Crippen molar-refractivity contribution in [2.24, 2.45) is 5.92 Å². The molecule has 0 heterocycles. The van der Waals surface area contributed by atoms with Gasteiger partial charge in [0.2, 0.25) is 0 Å². The van der Waals surface area contributed by atoms with Crippen molar-refractivity contribution in [3.8, 4) is 0 Å². The summed E-state index contributed by atoms with van der Waals surface area (Å²) in [5.41, 5.74) is -1.29. The Bertz CT molecular complexity index is 387. The second-order valence-corrected chi connectivity index (χ2v) is 12.5. The number of carbonyl (C=O) groups excluding carboxylic acids is 1. The van der Waals surface area contributed by atoms with Crippen LogP contribution >= 0.6 is 0 Å². The predicted molar refractivity (Wildman–Crippen MR) is 75.4 cm³/mol. The van der Waals surface area contributed by atoms with Crippen molar-refractivity contribution in [1.82, 2.24) is 0 Å². The molecule has 0 amide bonds. The van der Waals surface area contributed by atoms with Crippen LogP contribution in [0.5, 0.6) is 0 Å². The van der Waals surface area contributed by atoms with Gasteiger partial charge in [-0.2, -0.15) is 0 Å². The molecular weight excluding hydrogens is 260 g/mol. The van der Waals surface area contributed by atoms with Gasteiger partial charge in [-0.05, 0) is 30.5 Å². The summed E-state index contributed by atoms with van der Waals surface area (Å²) in [6, 6.07) is 0. The van der Waals surface area contributed by atoms with E-state index < -0.39 is 20.0 Å². The van der Waals surface area contributed by atoms with Crippen LogP contribution in [0.1, 0.15) is 40.0 Å². The van der Waals surface area contributed by atoms with Crippen molar-refractivity contribution in [3.63, 3.8) is 0 Å². The first-order valence-electron chi connectivity index (χ1n) is 7.08. The second kappa shape index (κ2) is 4.38. The fourth-order valence-corrected chi connectivity index (χ4v) is 4.33. The van der Waals surface area contributed by atoms with Crippen molar-refractivity contribution in [1.29, 1.82) is 0 Å². The maximum absolute atomic E-state index is 11.8. The third kappa shape index (κ3) is 2.53. The molecule has 0 radical (unpaired) electrons. The maximum atomic E-state index is 11.8. The van der Waals surface area contributed by atoms with E-state index in [0.29, 0.717) is 12.8 Å². The lowest BCUT2D eigenvalue weighted by Gasteiger charge is -2.44. The van der Waals surface area contributed by atoms with Gasteiger partial charge in [-0.3, -0.25) is 4.79 Å². The van der Waals surface area contributed by atoms with Gasteiger partial charge in [0.05, 0.1) is 12.2 Å². The molecule has 5 heteroatoms. The SMILES string of the molecule is CC(C)(C)[Si](C)(C)O[C@H]1[C@H]2CC(=O)[C@@](O)(C2)C[C@H]1O. The van der Waals surface area contributed by atoms with Crippen molar-refractivity contribution >= 4 is 14.1 Å². The Morgan fingerprint density at radius 3 is 2.42 bits per heavy atom. The molecule has 4 atom stereocenters. The normalized spacial score (nSPS) is 39.7. The molecule has 2 N–H and O–H groups in total. The third-order valence-electron chi connectivity index (χ3n) is 5.19. The quantitative estimate of drug-likeness (QED) is 0.760. The summed E-state index contributed by atoms with van der Waals surface area (Å²) in [7, 11) is -1.97. The molecule has 2 aliphatic rings. The highest BCUT2D eigenvalue weighted by molar-refractivity contribution is 6.74. The van der Waals surface area contributed by atoms with Gasteiger partial charge in [0.1, 0.15) is 5.60 Å². The van der Waals surface area contributed by atoms with Crippen molar-refractivity contribution in [2.75, 3.05) is 0 Å². The fourth-order valence-electron chi connectivity index (χ4n) is 2.95. The van der Waals surface area contributed by atoms with Gasteiger partial charge in [-0.15, -0.1) is 0 Å². The van der Waals surface area contributed by atoms with Crippen LogP contribution in [0.4, 0.5) is 0 Å². The molecule has 2 bridgehead atoms. The van der Waals surface area contributed by atoms with Crippen LogP contribution in [-0.4, -0.2) is 42.1 Å². The number of aliphatic hydroxyl groups excluding tert-OH is 1. The standard InChI is InChI=1S/C14H26O4Si/c1-13(2,3)19(4,5)18-12-9-6-11(16)14(17,7-9)8-10(12)15/h9-10,12,15,17H,6-8H2,1-5H3/t9-,10+,12-,14+/m0/s1. The summed E-state index contributed by atoms with van der Waals surface area (Å²) in [6.45, 7) is 10.8. The molecule has 4 nitrogen and oxygen atoms in total. The Morgan fingerprint density at radius 1 is 1.32 bits per heavy atom. The van der Waals surface area contributed by atoms with Crippen LogP contribution < -0.4 is 0 Å². The van der Waals surface area contributed by atoms with Crippen LogP contribution in [0, 0.1) is 5.92 Å². The van der Waals surface area contributed by atoms with Crippen LogP contribution in [0.15, 0.2) is 0 Å². The van der Waals surface area contributed by atoms with Gasteiger partial charge in [-0.25, -0.2) is 0 Å². The van der Waals surface area contributed by atoms with Gasteiger partial charge in [-0.1, -0.05) is 20.8 Å². The number of hydrogen-bond donors (Lipinski definition) is 2. The van der Waals surface area contributed by atoms with Gasteiger partial charge >= 0.3 is 0 Å². The van der Waals surface area contributed by atoms with Crippen LogP contribution in [-0.2, 0) is 9.22 Å². The van der Waals surface area contributed by atoms with Gasteiger partial charge in [0.25, 0.3) is 0 Å². The summed E-state index contributed by atoms with van der Waals surface area (Å²) < 4.78 is 6.30. The molecule has 2 fully saturated rings. The van der Waals surface area contributed by atoms with Crippen LogP contribution in [0.3, 0.4) is 0 Å². The monoisotopic (exact) mass is 286 g/mol. The molecule has 110 valence electrons. The Labute approximate surface area is 116 Å². The van der Waals surface area contributed by atoms with Crippen molar-refractivity contribution in [3.05, 3.63) is 0 Å². The summed E-state index contributed by atoms with van der Waals surface area (Å²) >= 11 is 0. The molecule has 0 aromatic rings. The Balaban J connectivity index is 2.17. The minimum atomic E-state index is -1.97. The maximum Gasteiger partial charge on any atom is 0.192 e. The van der Waals surface area contributed by atoms with E-state index in [9.17, 15) is 15.0 Å². The van der Waals surface area contributed by atoms with E-state index in [1.54, 1.807) is 0 Å². The number of Topliss-reactive ketones (excluding diaryl/α,β-unsaturated/α-hetero) is 1. The molecule has 19 heavy (non-hydrogen) atoms. The molecule has 0 saturated heterocycles. The van der Waals surface area contributed by atoms with E-state index in [1.165, 1.54) is 0 Å². The van der Waals surface area contributed by atoms with E-state index in [-0.39, 0.29) is 29.3 Å². The van der Waals surface area contributed by atoms with E-state index in [2.05, 4.69) is 33.9 Å². The molecule has 2 aliphatic carbocycles. The molecule has 0 unspecified atom stereocenters. The topological polar surface area (TPSA) is 66.8 Å². The number of rotatable bonds is 2. The molecule has 0 aromatic carbocycles. The third-order valence-corrected chi connectivity index (χ3v) is 9.67. The van der Waals surface area contributed by atoms with E-state index >= 15 is 0 Å². The van der Waals surface area contributed by atoms with Crippen LogP contribution in [0.2, 0.25) is 18.1 Å². The van der Waals surface area contributed by atoms with E-state index in [0.717, 1.165) is 0 Å². The zero-order valence-corrected chi connectivity index (χ0v) is 13.6. The van der Waals surface area contributed by atoms with E-state index in [4.69, 9.17) is 4.43 Å². The molecule has 0 aliphatic heterocycles. The van der Waals surface area contributed by atoms with Crippen LogP contribution in [0.25, 0.3) is 0 Å². The Kier molecular flexibility index (Phi) is 3.50. The first-order chi connectivity index (χ1) is 8.46. The summed E-state index contributed by atoms with van der Waals surface area (Å²) in [5.74, 6) is -0.159. The Hall–Kier alpha value is -0.233. The second-order valence-electron chi connectivity index (χ2n) is 7.74. The lowest BCUT2D eigenvalue weighted by atomic mass is 9.82. The molecule has 2 rings (SSSR count). The average Bonchev–Trinajstić information content (AvgIpc) is 2.45. The first-order valence-corrected chi connectivity index (χ1v) is 9.99. The van der Waals surface area contributed by atoms with Crippen molar-refractivity contribution in [2.45, 2.75) is 76.0 Å². The molecule has 2 saturated carbocycles. The Morgan fingerprint density at radius 2 is 1.89 bits per heavy atom. The predicted octanol–water partition coefficient (Wildman–Crippen LogP) is 1.85. The van der Waals surface area contributed by atoms with Gasteiger partial charge in [0, 0.05) is 12.8 Å². The number of fused-ring (bicyclic) bond motifs is 2. The summed E-state index contributed by atoms with van der Waals surface area (Å²) in [6.07, 6.45) is -0.117. The zero-order valence-electron chi connectivity index (χ0n) is 12.6. The number of hydrogen-bond acceptors (Lipinski definition) is 4. The lowest BCUT2D eigenvalue weighted by molar-refractivity contribution is -0.140. The number of carbonyl (C=O) groups is 1. The first kappa shape index (κ1) is 15.2. The minimum absolute atomic E-state index is 0.0321. The molecular formula is C14H26O4Si. The highest BCUT2D eigenvalue weighted by Gasteiger charge is 2.56. The fraction of sp³-hybridized carbons (Fsp3) is 0.929. The lowest BCUT2D eigenvalue weighted by Crippen LogP contribution is -2.53. The molecule has 0 aromatic heterocycles. The highest BCUT2D eigenvalue weighted by atomic mass is 28.4. The van der Waals surface area contributed by atoms with Crippen molar-refractivity contribution < 1.29 is 19.4 Å². The smallest absolute Gasteiger partial charge is 0.192 e.